The first-order valence-electron chi connectivity index (χ1n) is 5.32. The molecule has 1 rings (SSSR count). The van der Waals surface area contributed by atoms with Crippen molar-refractivity contribution in [1.82, 2.24) is 5.32 Å². The third-order valence-electron chi connectivity index (χ3n) is 2.12. The summed E-state index contributed by atoms with van der Waals surface area (Å²) in [6.45, 7) is 6.61. The van der Waals surface area contributed by atoms with E-state index in [0.29, 0.717) is 12.1 Å². The highest BCUT2D eigenvalue weighted by Crippen LogP contribution is 2.13. The molecular weight excluding hydrogens is 220 g/mol. The molecule has 1 aromatic carbocycles. The number of non-ortho nitro benzene ring substituents is 1. The van der Waals surface area contributed by atoms with Gasteiger partial charge < -0.3 is 5.32 Å². The van der Waals surface area contributed by atoms with Gasteiger partial charge in [-0.1, -0.05) is 20.8 Å². The first-order valence-corrected chi connectivity index (χ1v) is 5.32. The van der Waals surface area contributed by atoms with Crippen LogP contribution in [0.4, 0.5) is 5.69 Å². The monoisotopic (exact) mass is 236 g/mol. The largest absolute Gasteiger partial charge is 0.352 e. The Morgan fingerprint density at radius 3 is 2.24 bits per heavy atom. The number of hydrogen-bond acceptors (Lipinski definition) is 3. The lowest BCUT2D eigenvalue weighted by Crippen LogP contribution is -2.32. The number of hydrogen-bond donors (Lipinski definition) is 1. The van der Waals surface area contributed by atoms with Crippen molar-refractivity contribution >= 4 is 11.6 Å². The fraction of sp³-hybridized carbons (Fsp3) is 0.417. The topological polar surface area (TPSA) is 72.2 Å². The Hall–Kier alpha value is -1.91. The summed E-state index contributed by atoms with van der Waals surface area (Å²) < 4.78 is 0. The van der Waals surface area contributed by atoms with E-state index >= 15 is 0 Å². The smallest absolute Gasteiger partial charge is 0.269 e. The summed E-state index contributed by atoms with van der Waals surface area (Å²) in [5, 5.41) is 13.2. The number of nitro groups is 1. The van der Waals surface area contributed by atoms with Gasteiger partial charge in [-0.2, -0.15) is 0 Å². The molecule has 0 aliphatic rings. The van der Waals surface area contributed by atoms with E-state index in [1.165, 1.54) is 24.3 Å². The molecule has 5 heteroatoms. The molecule has 17 heavy (non-hydrogen) atoms. The van der Waals surface area contributed by atoms with E-state index in [9.17, 15) is 14.9 Å². The molecule has 0 bridgehead atoms. The lowest BCUT2D eigenvalue weighted by molar-refractivity contribution is -0.384. The van der Waals surface area contributed by atoms with Gasteiger partial charge in [0.05, 0.1) is 4.92 Å². The van der Waals surface area contributed by atoms with Gasteiger partial charge in [0.2, 0.25) is 0 Å². The Morgan fingerprint density at radius 2 is 1.82 bits per heavy atom. The molecule has 0 spiro atoms. The van der Waals surface area contributed by atoms with Crippen LogP contribution in [0.2, 0.25) is 0 Å². The van der Waals surface area contributed by atoms with Crippen LogP contribution in [0.25, 0.3) is 0 Å². The zero-order valence-corrected chi connectivity index (χ0v) is 10.2. The minimum Gasteiger partial charge on any atom is -0.352 e. The molecule has 92 valence electrons. The zero-order chi connectivity index (χ0) is 13.1. The number of carbonyl (C=O) groups excluding carboxylic acids is 1. The molecule has 1 amide bonds. The molecule has 5 nitrogen and oxygen atoms in total. The predicted octanol–water partition coefficient (Wildman–Crippen LogP) is 2.37. The number of nitro benzene ring substituents is 1. The van der Waals surface area contributed by atoms with Crippen LogP contribution in [0.3, 0.4) is 0 Å². The summed E-state index contributed by atoms with van der Waals surface area (Å²) in [5.74, 6) is -0.213. The molecule has 0 aromatic heterocycles. The van der Waals surface area contributed by atoms with Gasteiger partial charge in [-0.05, 0) is 17.5 Å². The third-order valence-corrected chi connectivity index (χ3v) is 2.12. The van der Waals surface area contributed by atoms with Crippen LogP contribution < -0.4 is 5.32 Å². The Kier molecular flexibility index (Phi) is 3.83. The number of nitrogens with zero attached hydrogens (tertiary/aromatic N) is 1. The highest BCUT2D eigenvalue weighted by molar-refractivity contribution is 5.94. The van der Waals surface area contributed by atoms with Crippen LogP contribution in [0.5, 0.6) is 0 Å². The third kappa shape index (κ3) is 4.22. The second-order valence-electron chi connectivity index (χ2n) is 5.05. The van der Waals surface area contributed by atoms with Gasteiger partial charge in [-0.3, -0.25) is 14.9 Å². The minimum absolute atomic E-state index is 0.0104. The number of carbonyl (C=O) groups is 1. The Labute approximate surface area is 100.0 Å². The standard InChI is InChI=1S/C12H16N2O3/c1-12(2,3)8-13-11(15)9-4-6-10(7-5-9)14(16)17/h4-7H,8H2,1-3H3,(H,13,15). The summed E-state index contributed by atoms with van der Waals surface area (Å²) in [6, 6.07) is 5.56. The van der Waals surface area contributed by atoms with Gasteiger partial charge in [0.25, 0.3) is 11.6 Å². The van der Waals surface area contributed by atoms with E-state index in [0.717, 1.165) is 0 Å². The Morgan fingerprint density at radius 1 is 1.29 bits per heavy atom. The van der Waals surface area contributed by atoms with Crippen molar-refractivity contribution in [2.45, 2.75) is 20.8 Å². The average molecular weight is 236 g/mol. The Bertz CT molecular complexity index is 418. The van der Waals surface area contributed by atoms with Crippen molar-refractivity contribution in [3.05, 3.63) is 39.9 Å². The van der Waals surface area contributed by atoms with Crippen molar-refractivity contribution in [1.29, 1.82) is 0 Å². The molecule has 0 saturated heterocycles. The molecule has 0 atom stereocenters. The SMILES string of the molecule is CC(C)(C)CNC(=O)c1ccc([N+](=O)[O-])cc1. The van der Waals surface area contributed by atoms with Crippen LogP contribution in [0.15, 0.2) is 24.3 Å². The lowest BCUT2D eigenvalue weighted by atomic mass is 9.97. The summed E-state index contributed by atoms with van der Waals surface area (Å²) >= 11 is 0. The van der Waals surface area contributed by atoms with E-state index in [4.69, 9.17) is 0 Å². The normalized spacial score (nSPS) is 11.0. The fourth-order valence-corrected chi connectivity index (χ4v) is 1.18. The van der Waals surface area contributed by atoms with E-state index < -0.39 is 4.92 Å². The second-order valence-corrected chi connectivity index (χ2v) is 5.05. The van der Waals surface area contributed by atoms with E-state index in [2.05, 4.69) is 5.32 Å². The van der Waals surface area contributed by atoms with Gasteiger partial charge >= 0.3 is 0 Å². The maximum absolute atomic E-state index is 11.7. The maximum Gasteiger partial charge on any atom is 0.269 e. The molecule has 0 saturated carbocycles. The highest BCUT2D eigenvalue weighted by atomic mass is 16.6. The van der Waals surface area contributed by atoms with Crippen molar-refractivity contribution in [3.8, 4) is 0 Å². The van der Waals surface area contributed by atoms with Crippen molar-refractivity contribution in [2.75, 3.05) is 6.54 Å². The first kappa shape index (κ1) is 13.2. The molecule has 0 aliphatic heterocycles. The van der Waals surface area contributed by atoms with Gasteiger partial charge in [-0.25, -0.2) is 0 Å². The van der Waals surface area contributed by atoms with Crippen LogP contribution in [0, 0.1) is 15.5 Å². The van der Waals surface area contributed by atoms with Crippen LogP contribution in [0.1, 0.15) is 31.1 Å². The number of amides is 1. The predicted molar refractivity (Wildman–Crippen MR) is 64.9 cm³/mol. The van der Waals surface area contributed by atoms with Crippen LogP contribution in [-0.2, 0) is 0 Å². The van der Waals surface area contributed by atoms with Crippen molar-refractivity contribution in [2.24, 2.45) is 5.41 Å². The maximum atomic E-state index is 11.7. The number of rotatable bonds is 3. The summed E-state index contributed by atoms with van der Waals surface area (Å²) in [5.41, 5.74) is 0.424. The molecule has 0 unspecified atom stereocenters. The van der Waals surface area contributed by atoms with Crippen molar-refractivity contribution in [3.63, 3.8) is 0 Å². The van der Waals surface area contributed by atoms with Crippen LogP contribution in [-0.4, -0.2) is 17.4 Å². The molecule has 0 fully saturated rings. The molecular formula is C12H16N2O3. The second kappa shape index (κ2) is 4.95. The number of benzene rings is 1. The summed E-state index contributed by atoms with van der Waals surface area (Å²) in [4.78, 5) is 21.6. The molecule has 0 aliphatic carbocycles. The summed E-state index contributed by atoms with van der Waals surface area (Å²) in [7, 11) is 0. The molecule has 1 N–H and O–H groups in total. The van der Waals surface area contributed by atoms with Crippen LogP contribution >= 0.6 is 0 Å². The van der Waals surface area contributed by atoms with E-state index in [1.54, 1.807) is 0 Å². The highest BCUT2D eigenvalue weighted by Gasteiger charge is 2.13. The molecule has 0 radical (unpaired) electrons. The lowest BCUT2D eigenvalue weighted by Gasteiger charge is -2.18. The van der Waals surface area contributed by atoms with E-state index in [1.807, 2.05) is 20.8 Å². The zero-order valence-electron chi connectivity index (χ0n) is 10.2. The molecule has 1 aromatic rings. The summed E-state index contributed by atoms with van der Waals surface area (Å²) in [6.07, 6.45) is 0. The van der Waals surface area contributed by atoms with Gasteiger partial charge in [0.1, 0.15) is 0 Å². The van der Waals surface area contributed by atoms with Gasteiger partial charge in [0, 0.05) is 24.2 Å². The molecule has 0 heterocycles. The Balaban J connectivity index is 2.67. The minimum atomic E-state index is -0.489. The van der Waals surface area contributed by atoms with E-state index in [-0.39, 0.29) is 17.0 Å². The average Bonchev–Trinajstić information content (AvgIpc) is 2.25. The van der Waals surface area contributed by atoms with Gasteiger partial charge in [-0.15, -0.1) is 0 Å². The van der Waals surface area contributed by atoms with Crippen molar-refractivity contribution < 1.29 is 9.72 Å². The number of nitrogens with one attached hydrogen (secondary N) is 1. The van der Waals surface area contributed by atoms with Gasteiger partial charge in [0.15, 0.2) is 0 Å². The quantitative estimate of drug-likeness (QED) is 0.646. The fourth-order valence-electron chi connectivity index (χ4n) is 1.18. The first-order chi connectivity index (χ1) is 7.79.